The zero-order valence-electron chi connectivity index (χ0n) is 7.24. The maximum atomic E-state index is 6.00. The Morgan fingerprint density at radius 3 is 1.75 bits per heavy atom. The van der Waals surface area contributed by atoms with Crippen molar-refractivity contribution in [2.24, 2.45) is 0 Å². The first-order valence-corrected chi connectivity index (χ1v) is 5.79. The van der Waals surface area contributed by atoms with Gasteiger partial charge in [0.2, 0.25) is 0 Å². The first-order chi connectivity index (χ1) is 5.49. The van der Waals surface area contributed by atoms with Crippen LogP contribution in [0.15, 0.2) is 0 Å². The molecule has 0 spiro atoms. The fraction of sp³-hybridized carbons (Fsp3) is 1.00. The van der Waals surface area contributed by atoms with Gasteiger partial charge in [0.05, 0.1) is 10.8 Å². The van der Waals surface area contributed by atoms with Crippen molar-refractivity contribution in [1.29, 1.82) is 0 Å². The fourth-order valence-electron chi connectivity index (χ4n) is 0.806. The summed E-state index contributed by atoms with van der Waals surface area (Å²) in [6, 6.07) is 0. The Hall–Kier alpha value is 1.16. The Kier molecular flexibility index (Phi) is 7.23. The van der Waals surface area contributed by atoms with Crippen LogP contribution in [0.5, 0.6) is 0 Å². The second-order valence-electron chi connectivity index (χ2n) is 2.87. The molecule has 0 saturated heterocycles. The summed E-state index contributed by atoms with van der Waals surface area (Å²) < 4.78 is 0. The van der Waals surface area contributed by atoms with Crippen molar-refractivity contribution in [3.05, 3.63) is 0 Å². The van der Waals surface area contributed by atoms with Crippen LogP contribution >= 0.6 is 46.4 Å². The molecule has 0 rings (SSSR count). The molecule has 0 N–H and O–H groups in total. The van der Waals surface area contributed by atoms with Crippen LogP contribution in [0.4, 0.5) is 0 Å². The van der Waals surface area contributed by atoms with E-state index in [2.05, 4.69) is 0 Å². The summed E-state index contributed by atoms with van der Waals surface area (Å²) in [7, 11) is 0. The second kappa shape index (κ2) is 6.59. The van der Waals surface area contributed by atoms with Crippen molar-refractivity contribution < 1.29 is 0 Å². The van der Waals surface area contributed by atoms with Crippen LogP contribution in [-0.2, 0) is 0 Å². The lowest BCUT2D eigenvalue weighted by atomic mass is 10.2. The van der Waals surface area contributed by atoms with E-state index in [1.54, 1.807) is 0 Å². The van der Waals surface area contributed by atoms with Crippen LogP contribution < -0.4 is 0 Å². The normalized spacial score (nSPS) is 21.5. The molecule has 4 atom stereocenters. The van der Waals surface area contributed by atoms with E-state index < -0.39 is 0 Å². The Labute approximate surface area is 94.5 Å². The van der Waals surface area contributed by atoms with E-state index in [0.717, 1.165) is 6.42 Å². The molecule has 4 heteroatoms. The topological polar surface area (TPSA) is 0 Å². The molecule has 0 fully saturated rings. The summed E-state index contributed by atoms with van der Waals surface area (Å²) in [5, 5.41) is -0.251. The zero-order valence-corrected chi connectivity index (χ0v) is 10.3. The number of alkyl halides is 4. The molecular formula is C8H14Cl4. The average molecular weight is 255 g/mol. The van der Waals surface area contributed by atoms with Crippen LogP contribution in [0.1, 0.15) is 26.7 Å². The third kappa shape index (κ3) is 5.01. The summed E-state index contributed by atoms with van der Waals surface area (Å²) in [6.45, 7) is 3.86. The smallest absolute Gasteiger partial charge is 0.0514 e. The molecule has 74 valence electrons. The van der Waals surface area contributed by atoms with Gasteiger partial charge in [-0.3, -0.25) is 0 Å². The van der Waals surface area contributed by atoms with E-state index >= 15 is 0 Å². The Balaban J connectivity index is 3.75. The van der Waals surface area contributed by atoms with Gasteiger partial charge >= 0.3 is 0 Å². The molecular weight excluding hydrogens is 241 g/mol. The van der Waals surface area contributed by atoms with Gasteiger partial charge in [-0.25, -0.2) is 0 Å². The standard InChI is InChI=1S/C8H14Cl4/c1-3-6(10)8(12)4-7(11)5(2)9/h5-8H,3-4H2,1-2H3/i1+1,3+1,6+1. The van der Waals surface area contributed by atoms with Crippen molar-refractivity contribution in [3.8, 4) is 0 Å². The second-order valence-corrected chi connectivity index (χ2v) is 5.24. The highest BCUT2D eigenvalue weighted by atomic mass is 35.5. The number of hydrogen-bond acceptors (Lipinski definition) is 0. The molecule has 0 bridgehead atoms. The highest BCUT2D eigenvalue weighted by Crippen LogP contribution is 2.23. The van der Waals surface area contributed by atoms with Gasteiger partial charge in [0, 0.05) is 10.8 Å². The lowest BCUT2D eigenvalue weighted by Crippen LogP contribution is -2.22. The van der Waals surface area contributed by atoms with E-state index in [9.17, 15) is 0 Å². The van der Waals surface area contributed by atoms with Crippen LogP contribution in [0, 0.1) is 0 Å². The molecule has 0 aromatic rings. The molecule has 0 aliphatic heterocycles. The van der Waals surface area contributed by atoms with E-state index in [4.69, 9.17) is 46.4 Å². The monoisotopic (exact) mass is 253 g/mol. The summed E-state index contributed by atoms with van der Waals surface area (Å²) in [5.41, 5.74) is 0. The van der Waals surface area contributed by atoms with Crippen LogP contribution in [0.2, 0.25) is 0 Å². The van der Waals surface area contributed by atoms with E-state index in [-0.39, 0.29) is 21.5 Å². The van der Waals surface area contributed by atoms with E-state index in [1.165, 1.54) is 0 Å². The fourth-order valence-corrected chi connectivity index (χ4v) is 1.67. The van der Waals surface area contributed by atoms with Gasteiger partial charge in [-0.2, -0.15) is 0 Å². The lowest BCUT2D eigenvalue weighted by molar-refractivity contribution is 0.648. The first kappa shape index (κ1) is 13.2. The molecule has 0 nitrogen and oxygen atoms in total. The van der Waals surface area contributed by atoms with Gasteiger partial charge in [0.15, 0.2) is 0 Å². The highest BCUT2D eigenvalue weighted by molar-refractivity contribution is 6.32. The molecule has 4 unspecified atom stereocenters. The third-order valence-electron chi connectivity index (χ3n) is 1.73. The number of halogens is 4. The summed E-state index contributed by atoms with van der Waals surface area (Å²) in [6.07, 6.45) is 1.52. The van der Waals surface area contributed by atoms with Crippen LogP contribution in [0.25, 0.3) is 0 Å². The SMILES string of the molecule is CC(Cl)C(Cl)CC(Cl)[13CH](Cl)[13CH2][13CH3]. The Morgan fingerprint density at radius 2 is 1.42 bits per heavy atom. The minimum atomic E-state index is -0.0954. The first-order valence-electron chi connectivity index (χ1n) is 4.05. The third-order valence-corrected chi connectivity index (χ3v) is 3.94. The molecule has 0 amide bonds. The molecule has 0 saturated carbocycles. The summed E-state index contributed by atoms with van der Waals surface area (Å²) in [5.74, 6) is 0. The molecule has 0 radical (unpaired) electrons. The average Bonchev–Trinajstić information content (AvgIpc) is 2.02. The minimum Gasteiger partial charge on any atom is -0.122 e. The molecule has 0 heterocycles. The minimum absolute atomic E-state index is 0.0108. The molecule has 0 aromatic carbocycles. The highest BCUT2D eigenvalue weighted by Gasteiger charge is 2.21. The predicted molar refractivity (Wildman–Crippen MR) is 59.1 cm³/mol. The van der Waals surface area contributed by atoms with E-state index in [0.29, 0.717) is 6.42 Å². The quantitative estimate of drug-likeness (QED) is 0.509. The Morgan fingerprint density at radius 1 is 0.917 bits per heavy atom. The van der Waals surface area contributed by atoms with Gasteiger partial charge < -0.3 is 0 Å². The van der Waals surface area contributed by atoms with Gasteiger partial charge in [-0.1, -0.05) is 6.92 Å². The summed E-state index contributed by atoms with van der Waals surface area (Å²) in [4.78, 5) is 0. The number of hydrogen-bond donors (Lipinski definition) is 0. The van der Waals surface area contributed by atoms with E-state index in [1.807, 2.05) is 13.8 Å². The van der Waals surface area contributed by atoms with Gasteiger partial charge in [0.1, 0.15) is 0 Å². The molecule has 0 aliphatic carbocycles. The molecule has 0 aliphatic rings. The van der Waals surface area contributed by atoms with Crippen molar-refractivity contribution >= 4 is 46.4 Å². The largest absolute Gasteiger partial charge is 0.122 e. The van der Waals surface area contributed by atoms with Crippen LogP contribution in [0.3, 0.4) is 0 Å². The number of rotatable bonds is 5. The van der Waals surface area contributed by atoms with Crippen molar-refractivity contribution in [3.63, 3.8) is 0 Å². The van der Waals surface area contributed by atoms with Crippen LogP contribution in [-0.4, -0.2) is 21.5 Å². The molecule has 0 aromatic heterocycles. The van der Waals surface area contributed by atoms with Gasteiger partial charge in [0.25, 0.3) is 0 Å². The van der Waals surface area contributed by atoms with Crippen molar-refractivity contribution in [1.82, 2.24) is 0 Å². The predicted octanol–water partition coefficient (Wildman–Crippen LogP) is 4.24. The summed E-state index contributed by atoms with van der Waals surface area (Å²) >= 11 is 23.6. The van der Waals surface area contributed by atoms with Crippen molar-refractivity contribution in [2.45, 2.75) is 48.2 Å². The maximum absolute atomic E-state index is 6.00. The van der Waals surface area contributed by atoms with Gasteiger partial charge in [-0.15, -0.1) is 46.4 Å². The zero-order chi connectivity index (χ0) is 9.72. The maximum Gasteiger partial charge on any atom is 0.0514 e. The van der Waals surface area contributed by atoms with Crippen molar-refractivity contribution in [2.75, 3.05) is 0 Å². The lowest BCUT2D eigenvalue weighted by Gasteiger charge is -2.18. The molecule has 12 heavy (non-hydrogen) atoms. The van der Waals surface area contributed by atoms with Gasteiger partial charge in [-0.05, 0) is 19.8 Å². The Bertz CT molecular complexity index is 116.